The predicted octanol–water partition coefficient (Wildman–Crippen LogP) is 5.50. The average molecular weight is 480 g/mol. The monoisotopic (exact) mass is 479 g/mol. The fourth-order valence-electron chi connectivity index (χ4n) is 3.10. The first kappa shape index (κ1) is 21.1. The second-order valence-electron chi connectivity index (χ2n) is 6.29. The van der Waals surface area contributed by atoms with Crippen molar-refractivity contribution in [3.05, 3.63) is 58.1 Å². The zero-order chi connectivity index (χ0) is 20.3. The van der Waals surface area contributed by atoms with Gasteiger partial charge in [-0.05, 0) is 49.7 Å². The van der Waals surface area contributed by atoms with Crippen molar-refractivity contribution in [2.24, 2.45) is 0 Å². The minimum Gasteiger partial charge on any atom is -0.497 e. The van der Waals surface area contributed by atoms with Gasteiger partial charge in [-0.2, -0.15) is 0 Å². The van der Waals surface area contributed by atoms with Gasteiger partial charge >= 0.3 is 0 Å². The number of halogens is 1. The molecule has 148 valence electrons. The highest BCUT2D eigenvalue weighted by molar-refractivity contribution is 9.10. The van der Waals surface area contributed by atoms with Crippen molar-refractivity contribution in [3.63, 3.8) is 0 Å². The Morgan fingerprint density at radius 3 is 2.50 bits per heavy atom. The zero-order valence-corrected chi connectivity index (χ0v) is 19.2. The normalized spacial score (nSPS) is 18.2. The number of fused-ring (bicyclic) bond motifs is 1. The number of ether oxygens (including phenoxy) is 2. The van der Waals surface area contributed by atoms with Gasteiger partial charge in [-0.15, -0.1) is 0 Å². The van der Waals surface area contributed by atoms with Crippen molar-refractivity contribution in [2.75, 3.05) is 20.2 Å². The number of thiocarbonyl (C=S) groups is 1. The van der Waals surface area contributed by atoms with Crippen LogP contribution in [0.25, 0.3) is 0 Å². The van der Waals surface area contributed by atoms with Crippen molar-refractivity contribution < 1.29 is 14.3 Å². The number of hydrogen-bond donors (Lipinski definition) is 0. The fourth-order valence-corrected chi connectivity index (χ4v) is 5.23. The number of ketones is 1. The minimum atomic E-state index is -0.455. The number of Topliss-reactive ketones (excluding diaryl/α,β-unsaturated/α-hetero) is 1. The number of rotatable bonds is 5. The molecule has 0 spiro atoms. The van der Waals surface area contributed by atoms with Crippen molar-refractivity contribution in [3.8, 4) is 11.5 Å². The van der Waals surface area contributed by atoms with E-state index in [2.05, 4.69) is 34.7 Å². The molecule has 0 amide bonds. The Balaban J connectivity index is 1.99. The van der Waals surface area contributed by atoms with Gasteiger partial charge in [0.2, 0.25) is 0 Å². The number of benzene rings is 2. The molecule has 0 aromatic heterocycles. The lowest BCUT2D eigenvalue weighted by molar-refractivity contribution is 0.0868. The van der Waals surface area contributed by atoms with Crippen LogP contribution in [0.5, 0.6) is 11.5 Å². The van der Waals surface area contributed by atoms with Crippen LogP contribution in [0.4, 0.5) is 0 Å². The quantitative estimate of drug-likeness (QED) is 0.526. The number of methoxy groups -OCH3 is 1. The van der Waals surface area contributed by atoms with Gasteiger partial charge in [-0.25, -0.2) is 0 Å². The summed E-state index contributed by atoms with van der Waals surface area (Å²) in [7, 11) is 1.63. The molecule has 0 radical (unpaired) electrons. The molecule has 0 fully saturated rings. The van der Waals surface area contributed by atoms with Crippen LogP contribution >= 0.6 is 39.9 Å². The summed E-state index contributed by atoms with van der Waals surface area (Å²) in [4.78, 5) is 15.5. The van der Waals surface area contributed by atoms with Gasteiger partial charge in [0.05, 0.1) is 12.7 Å². The zero-order valence-electron chi connectivity index (χ0n) is 16.0. The first-order chi connectivity index (χ1) is 13.5. The van der Waals surface area contributed by atoms with E-state index in [1.165, 1.54) is 11.8 Å². The Kier molecular flexibility index (Phi) is 7.01. The van der Waals surface area contributed by atoms with Gasteiger partial charge in [-0.3, -0.25) is 4.79 Å². The van der Waals surface area contributed by atoms with E-state index in [4.69, 9.17) is 21.7 Å². The van der Waals surface area contributed by atoms with Crippen LogP contribution in [-0.2, 0) is 0 Å². The summed E-state index contributed by atoms with van der Waals surface area (Å²) in [6.07, 6.45) is -0.425. The summed E-state index contributed by atoms with van der Waals surface area (Å²) in [6.45, 7) is 5.73. The molecule has 0 N–H and O–H groups in total. The molecule has 0 saturated heterocycles. The Morgan fingerprint density at radius 2 is 1.89 bits per heavy atom. The molecular weight excluding hydrogens is 458 g/mol. The number of carbonyl (C=O) groups is 1. The van der Waals surface area contributed by atoms with Crippen molar-refractivity contribution in [1.29, 1.82) is 0 Å². The van der Waals surface area contributed by atoms with E-state index < -0.39 is 11.4 Å². The topological polar surface area (TPSA) is 38.8 Å². The van der Waals surface area contributed by atoms with Crippen LogP contribution in [-0.4, -0.2) is 40.5 Å². The molecule has 3 rings (SSSR count). The smallest absolute Gasteiger partial charge is 0.184 e. The largest absolute Gasteiger partial charge is 0.497 e. The van der Waals surface area contributed by atoms with Gasteiger partial charge < -0.3 is 14.4 Å². The van der Waals surface area contributed by atoms with Gasteiger partial charge in [0.15, 0.2) is 5.78 Å². The van der Waals surface area contributed by atoms with Crippen LogP contribution in [0.2, 0.25) is 0 Å². The Morgan fingerprint density at radius 1 is 1.21 bits per heavy atom. The molecule has 4 nitrogen and oxygen atoms in total. The van der Waals surface area contributed by atoms with E-state index >= 15 is 0 Å². The number of thioether (sulfide) groups is 1. The molecule has 2 aromatic rings. The predicted molar refractivity (Wildman–Crippen MR) is 122 cm³/mol. The van der Waals surface area contributed by atoms with Crippen LogP contribution in [0.15, 0.2) is 46.9 Å². The van der Waals surface area contributed by atoms with E-state index in [0.29, 0.717) is 15.6 Å². The minimum absolute atomic E-state index is 0.0304. The van der Waals surface area contributed by atoms with E-state index in [1.807, 2.05) is 42.5 Å². The third kappa shape index (κ3) is 4.36. The van der Waals surface area contributed by atoms with Crippen LogP contribution in [0.3, 0.4) is 0 Å². The first-order valence-electron chi connectivity index (χ1n) is 9.08. The summed E-state index contributed by atoms with van der Waals surface area (Å²) < 4.78 is 13.1. The van der Waals surface area contributed by atoms with Crippen molar-refractivity contribution in [2.45, 2.75) is 25.2 Å². The Bertz CT molecular complexity index is 868. The average Bonchev–Trinajstić information content (AvgIpc) is 2.71. The lowest BCUT2D eigenvalue weighted by Gasteiger charge is -2.34. The third-order valence-electron chi connectivity index (χ3n) is 4.69. The molecule has 0 saturated carbocycles. The van der Waals surface area contributed by atoms with Gasteiger partial charge in [0.1, 0.15) is 27.2 Å². The maximum Gasteiger partial charge on any atom is 0.184 e. The summed E-state index contributed by atoms with van der Waals surface area (Å²) in [5, 5.41) is -0.455. The molecule has 1 aliphatic heterocycles. The molecule has 0 bridgehead atoms. The number of hydrogen-bond acceptors (Lipinski definition) is 5. The number of carbonyl (C=O) groups excluding carboxylic acids is 1. The SMILES string of the molecule is CCN(CC)C(=S)SC1C(=O)c2cc(Br)ccc2OC1c1ccc(OC)cc1. The Labute approximate surface area is 183 Å². The van der Waals surface area contributed by atoms with E-state index in [1.54, 1.807) is 7.11 Å². The van der Waals surface area contributed by atoms with Gasteiger partial charge in [-0.1, -0.05) is 52.0 Å². The Hall–Kier alpha value is -1.57. The molecule has 2 unspecified atom stereocenters. The molecule has 1 heterocycles. The van der Waals surface area contributed by atoms with Crippen LogP contribution in [0, 0.1) is 0 Å². The third-order valence-corrected chi connectivity index (χ3v) is 6.90. The van der Waals surface area contributed by atoms with E-state index in [-0.39, 0.29) is 5.78 Å². The van der Waals surface area contributed by atoms with Crippen LogP contribution in [0.1, 0.15) is 35.9 Å². The molecule has 2 atom stereocenters. The van der Waals surface area contributed by atoms with E-state index in [0.717, 1.165) is 28.9 Å². The first-order valence-corrected chi connectivity index (χ1v) is 11.2. The molecule has 2 aromatic carbocycles. The maximum atomic E-state index is 13.4. The summed E-state index contributed by atoms with van der Waals surface area (Å²) in [5.74, 6) is 1.39. The second-order valence-corrected chi connectivity index (χ2v) is 8.98. The lowest BCUT2D eigenvalue weighted by Crippen LogP contribution is -2.37. The lowest BCUT2D eigenvalue weighted by atomic mass is 9.95. The highest BCUT2D eigenvalue weighted by Crippen LogP contribution is 2.42. The molecular formula is C21H22BrNO3S2. The molecule has 7 heteroatoms. The maximum absolute atomic E-state index is 13.4. The molecule has 0 aliphatic carbocycles. The fraction of sp³-hybridized carbons (Fsp3) is 0.333. The summed E-state index contributed by atoms with van der Waals surface area (Å²) in [6, 6.07) is 13.2. The van der Waals surface area contributed by atoms with Gasteiger partial charge in [0, 0.05) is 17.6 Å². The molecule has 1 aliphatic rings. The number of nitrogens with zero attached hydrogens (tertiary/aromatic N) is 1. The summed E-state index contributed by atoms with van der Waals surface area (Å²) >= 11 is 10.5. The molecule has 28 heavy (non-hydrogen) atoms. The standard InChI is InChI=1S/C21H22BrNO3S2/c1-4-23(5-2)21(27)28-20-18(24)16-12-14(22)8-11-17(16)26-19(20)13-6-9-15(25-3)10-7-13/h6-12,19-20H,4-5H2,1-3H3. The van der Waals surface area contributed by atoms with Gasteiger partial charge in [0.25, 0.3) is 0 Å². The highest BCUT2D eigenvalue weighted by atomic mass is 79.9. The second kappa shape index (κ2) is 9.29. The van der Waals surface area contributed by atoms with Crippen LogP contribution < -0.4 is 9.47 Å². The van der Waals surface area contributed by atoms with E-state index in [9.17, 15) is 4.79 Å². The summed E-state index contributed by atoms with van der Waals surface area (Å²) in [5.41, 5.74) is 1.50. The highest BCUT2D eigenvalue weighted by Gasteiger charge is 2.40. The van der Waals surface area contributed by atoms with Crippen molar-refractivity contribution in [1.82, 2.24) is 4.90 Å². The van der Waals surface area contributed by atoms with Crippen molar-refractivity contribution >= 4 is 50.0 Å².